The standard InChI is InChI=1S/C12H16F8O2Si/c1-9(2,3)23(4,5)22-8(11(15,16)17)6-7(21)10(13,14)12(18,19)20/h6H,1-5H3/b8-6-. The summed E-state index contributed by atoms with van der Waals surface area (Å²) in [6, 6.07) is 0. The third kappa shape index (κ3) is 5.18. The van der Waals surface area contributed by atoms with E-state index in [2.05, 4.69) is 0 Å². The van der Waals surface area contributed by atoms with Gasteiger partial charge in [0.1, 0.15) is 0 Å². The predicted octanol–water partition coefficient (Wildman–Crippen LogP) is 5.22. The summed E-state index contributed by atoms with van der Waals surface area (Å²) < 4.78 is 105. The van der Waals surface area contributed by atoms with Crippen LogP contribution in [-0.2, 0) is 9.22 Å². The summed E-state index contributed by atoms with van der Waals surface area (Å²) in [5, 5.41) is -0.799. The van der Waals surface area contributed by atoms with Gasteiger partial charge in [-0.25, -0.2) is 0 Å². The average molecular weight is 372 g/mol. The Morgan fingerprint density at radius 2 is 1.30 bits per heavy atom. The molecule has 0 aliphatic heterocycles. The smallest absolute Gasteiger partial charge is 0.461 e. The SMILES string of the molecule is CC(C)(C)[Si](C)(C)O/C(=C\C(=O)C(F)(F)C(F)(F)F)C(F)(F)F. The number of hydrogen-bond donors (Lipinski definition) is 0. The predicted molar refractivity (Wildman–Crippen MR) is 68.4 cm³/mol. The highest BCUT2D eigenvalue weighted by molar-refractivity contribution is 6.74. The Bertz CT molecular complexity index is 483. The van der Waals surface area contributed by atoms with Crippen LogP contribution < -0.4 is 0 Å². The second-order valence-electron chi connectivity index (χ2n) is 6.31. The summed E-state index contributed by atoms with van der Waals surface area (Å²) in [5.41, 5.74) is 0. The third-order valence-electron chi connectivity index (χ3n) is 3.38. The van der Waals surface area contributed by atoms with Crippen molar-refractivity contribution in [2.45, 2.75) is 57.2 Å². The van der Waals surface area contributed by atoms with Gasteiger partial charge in [-0.1, -0.05) is 20.8 Å². The number of alkyl halides is 8. The number of carbonyl (C=O) groups is 1. The average Bonchev–Trinajstić information content (AvgIpc) is 2.22. The topological polar surface area (TPSA) is 26.3 Å². The zero-order chi connectivity index (χ0) is 19.1. The summed E-state index contributed by atoms with van der Waals surface area (Å²) >= 11 is 0. The van der Waals surface area contributed by atoms with Gasteiger partial charge in [0, 0.05) is 6.08 Å². The molecule has 0 aromatic rings. The van der Waals surface area contributed by atoms with Crippen molar-refractivity contribution in [2.24, 2.45) is 0 Å². The Hall–Kier alpha value is -1.13. The van der Waals surface area contributed by atoms with Crippen LogP contribution >= 0.6 is 0 Å². The van der Waals surface area contributed by atoms with E-state index >= 15 is 0 Å². The van der Waals surface area contributed by atoms with Gasteiger partial charge in [-0.2, -0.15) is 35.1 Å². The molecule has 0 unspecified atom stereocenters. The first-order valence-electron chi connectivity index (χ1n) is 6.20. The van der Waals surface area contributed by atoms with Gasteiger partial charge in [0.25, 0.3) is 0 Å². The van der Waals surface area contributed by atoms with E-state index in [0.29, 0.717) is 0 Å². The van der Waals surface area contributed by atoms with E-state index in [1.54, 1.807) is 0 Å². The molecule has 0 heterocycles. The molecule has 0 aliphatic rings. The molecular formula is C12H16F8O2Si. The molecule has 0 fully saturated rings. The van der Waals surface area contributed by atoms with Crippen molar-refractivity contribution in [3.63, 3.8) is 0 Å². The van der Waals surface area contributed by atoms with Crippen LogP contribution in [0.3, 0.4) is 0 Å². The van der Waals surface area contributed by atoms with Crippen molar-refractivity contribution >= 4 is 14.1 Å². The zero-order valence-electron chi connectivity index (χ0n) is 12.9. The van der Waals surface area contributed by atoms with Crippen LogP contribution in [0, 0.1) is 0 Å². The van der Waals surface area contributed by atoms with E-state index in [9.17, 15) is 39.9 Å². The lowest BCUT2D eigenvalue weighted by Gasteiger charge is -2.37. The minimum Gasteiger partial charge on any atom is -0.540 e. The lowest BCUT2D eigenvalue weighted by Crippen LogP contribution is -2.45. The van der Waals surface area contributed by atoms with Gasteiger partial charge in [0.05, 0.1) is 0 Å². The maximum atomic E-state index is 12.8. The van der Waals surface area contributed by atoms with Gasteiger partial charge >= 0.3 is 18.3 Å². The van der Waals surface area contributed by atoms with E-state index in [-0.39, 0.29) is 0 Å². The van der Waals surface area contributed by atoms with Crippen molar-refractivity contribution in [2.75, 3.05) is 0 Å². The molecule has 0 bridgehead atoms. The number of ketones is 1. The largest absolute Gasteiger partial charge is 0.540 e. The Morgan fingerprint density at radius 3 is 1.57 bits per heavy atom. The highest BCUT2D eigenvalue weighted by atomic mass is 28.4. The van der Waals surface area contributed by atoms with Gasteiger partial charge in [0.2, 0.25) is 14.1 Å². The number of allylic oxidation sites excluding steroid dienone is 2. The third-order valence-corrected chi connectivity index (χ3v) is 7.72. The molecule has 136 valence electrons. The molecule has 0 saturated carbocycles. The Morgan fingerprint density at radius 1 is 0.913 bits per heavy atom. The first-order chi connectivity index (χ1) is 9.73. The summed E-state index contributed by atoms with van der Waals surface area (Å²) in [6.07, 6.45) is -12.5. The summed E-state index contributed by atoms with van der Waals surface area (Å²) in [4.78, 5) is 11.0. The van der Waals surface area contributed by atoms with Gasteiger partial charge in [0.15, 0.2) is 5.76 Å². The normalized spacial score (nSPS) is 15.6. The lowest BCUT2D eigenvalue weighted by atomic mass is 10.2. The van der Waals surface area contributed by atoms with Crippen LogP contribution in [0.15, 0.2) is 11.8 Å². The fourth-order valence-electron chi connectivity index (χ4n) is 0.947. The number of carbonyl (C=O) groups excluding carboxylic acids is 1. The van der Waals surface area contributed by atoms with Crippen molar-refractivity contribution < 1.29 is 44.3 Å². The van der Waals surface area contributed by atoms with Crippen molar-refractivity contribution in [1.82, 2.24) is 0 Å². The van der Waals surface area contributed by atoms with Crippen LogP contribution in [0.4, 0.5) is 35.1 Å². The maximum absolute atomic E-state index is 12.8. The van der Waals surface area contributed by atoms with E-state index < -0.39 is 49.2 Å². The highest BCUT2D eigenvalue weighted by Gasteiger charge is 2.63. The Balaban J connectivity index is 5.84. The van der Waals surface area contributed by atoms with Crippen LogP contribution in [0.2, 0.25) is 18.1 Å². The molecule has 0 aromatic carbocycles. The second kappa shape index (κ2) is 6.06. The lowest BCUT2D eigenvalue weighted by molar-refractivity contribution is -0.266. The number of hydrogen-bond acceptors (Lipinski definition) is 2. The van der Waals surface area contributed by atoms with Gasteiger partial charge in [-0.05, 0) is 18.1 Å². The first kappa shape index (κ1) is 21.9. The molecule has 11 heteroatoms. The summed E-state index contributed by atoms with van der Waals surface area (Å²) in [7, 11) is -3.22. The molecule has 0 spiro atoms. The second-order valence-corrected chi connectivity index (χ2v) is 11.0. The van der Waals surface area contributed by atoms with Crippen molar-refractivity contribution in [3.8, 4) is 0 Å². The minimum absolute atomic E-state index is 0.799. The number of rotatable bonds is 4. The summed E-state index contributed by atoms with van der Waals surface area (Å²) in [6.45, 7) is 7.22. The molecule has 0 N–H and O–H groups in total. The van der Waals surface area contributed by atoms with Gasteiger partial charge in [-0.15, -0.1) is 0 Å². The van der Waals surface area contributed by atoms with Crippen molar-refractivity contribution in [1.29, 1.82) is 0 Å². The molecule has 2 nitrogen and oxygen atoms in total. The van der Waals surface area contributed by atoms with Crippen LogP contribution in [0.25, 0.3) is 0 Å². The van der Waals surface area contributed by atoms with E-state index in [1.165, 1.54) is 33.9 Å². The number of halogens is 8. The van der Waals surface area contributed by atoms with E-state index in [0.717, 1.165) is 0 Å². The maximum Gasteiger partial charge on any atom is 0.461 e. The van der Waals surface area contributed by atoms with Gasteiger partial charge < -0.3 is 4.43 Å². The fraction of sp³-hybridized carbons (Fsp3) is 0.750. The zero-order valence-corrected chi connectivity index (χ0v) is 13.9. The monoisotopic (exact) mass is 372 g/mol. The molecule has 23 heavy (non-hydrogen) atoms. The fourth-order valence-corrected chi connectivity index (χ4v) is 1.98. The molecular weight excluding hydrogens is 356 g/mol. The highest BCUT2D eigenvalue weighted by Crippen LogP contribution is 2.42. The molecule has 0 saturated heterocycles. The Labute approximate surface area is 128 Å². The van der Waals surface area contributed by atoms with Crippen LogP contribution in [0.1, 0.15) is 20.8 Å². The quantitative estimate of drug-likeness (QED) is 0.293. The summed E-state index contributed by atoms with van der Waals surface area (Å²) in [5.74, 6) is -11.1. The minimum atomic E-state index is -6.30. The molecule has 0 atom stereocenters. The van der Waals surface area contributed by atoms with Crippen molar-refractivity contribution in [3.05, 3.63) is 11.8 Å². The molecule has 0 rings (SSSR count). The molecule has 0 amide bonds. The van der Waals surface area contributed by atoms with E-state index in [1.807, 2.05) is 0 Å². The molecule has 0 aliphatic carbocycles. The molecule has 0 radical (unpaired) electrons. The first-order valence-corrected chi connectivity index (χ1v) is 9.11. The van der Waals surface area contributed by atoms with Crippen LogP contribution in [-0.4, -0.2) is 32.4 Å². The Kier molecular flexibility index (Phi) is 5.76. The van der Waals surface area contributed by atoms with Gasteiger partial charge in [-0.3, -0.25) is 4.79 Å². The molecule has 0 aromatic heterocycles. The van der Waals surface area contributed by atoms with E-state index in [4.69, 9.17) is 4.43 Å². The van der Waals surface area contributed by atoms with Crippen LogP contribution in [0.5, 0.6) is 0 Å².